The normalized spacial score (nSPS) is 9.92. The summed E-state index contributed by atoms with van der Waals surface area (Å²) in [6, 6.07) is 11.3. The Kier molecular flexibility index (Phi) is 5.92. The van der Waals surface area contributed by atoms with Crippen molar-refractivity contribution < 1.29 is 19.1 Å². The number of nitrogens with one attached hydrogen (secondary N) is 2. The van der Waals surface area contributed by atoms with Gasteiger partial charge in [0.15, 0.2) is 12.9 Å². The van der Waals surface area contributed by atoms with Crippen LogP contribution in [-0.2, 0) is 9.59 Å². The highest BCUT2D eigenvalue weighted by Crippen LogP contribution is 2.26. The number of anilines is 2. The van der Waals surface area contributed by atoms with Crippen LogP contribution in [0.3, 0.4) is 0 Å². The maximum absolute atomic E-state index is 12.1. The second-order valence-electron chi connectivity index (χ2n) is 4.86. The molecule has 2 amide bonds. The molecule has 2 aromatic rings. The molecule has 0 saturated carbocycles. The average Bonchev–Trinajstić information content (AvgIpc) is 2.55. The molecule has 0 bridgehead atoms. The third-order valence-corrected chi connectivity index (χ3v) is 3.21. The first-order valence-corrected chi connectivity index (χ1v) is 7.41. The molecule has 0 heterocycles. The lowest BCUT2D eigenvalue weighted by molar-refractivity contribution is -0.118. The number of para-hydroxylation sites is 1. The van der Waals surface area contributed by atoms with Gasteiger partial charge in [0.25, 0.3) is 5.91 Å². The van der Waals surface area contributed by atoms with E-state index in [2.05, 4.69) is 10.6 Å². The third kappa shape index (κ3) is 4.82. The lowest BCUT2D eigenvalue weighted by Gasteiger charge is -2.13. The Hall–Kier alpha value is -2.86. The highest BCUT2D eigenvalue weighted by molar-refractivity contribution is 6.31. The van der Waals surface area contributed by atoms with Crippen molar-refractivity contribution in [1.82, 2.24) is 0 Å². The molecule has 0 saturated heterocycles. The van der Waals surface area contributed by atoms with Crippen molar-refractivity contribution >= 4 is 41.1 Å². The van der Waals surface area contributed by atoms with Crippen molar-refractivity contribution in [2.24, 2.45) is 0 Å². The summed E-state index contributed by atoms with van der Waals surface area (Å²) < 4.78 is 5.35. The molecule has 0 aromatic heterocycles. The van der Waals surface area contributed by atoms with E-state index in [4.69, 9.17) is 16.3 Å². The molecule has 2 rings (SSSR count). The van der Waals surface area contributed by atoms with Gasteiger partial charge in [-0.1, -0.05) is 23.7 Å². The molecule has 0 aliphatic carbocycles. The van der Waals surface area contributed by atoms with Crippen molar-refractivity contribution in [3.05, 3.63) is 53.1 Å². The number of carbonyl (C=O) groups is 3. The quantitative estimate of drug-likeness (QED) is 0.787. The number of rotatable bonds is 6. The molecule has 0 aliphatic heterocycles. The smallest absolute Gasteiger partial charge is 0.262 e. The van der Waals surface area contributed by atoms with Crippen molar-refractivity contribution in [3.63, 3.8) is 0 Å². The van der Waals surface area contributed by atoms with Crippen LogP contribution in [0, 0.1) is 0 Å². The molecule has 7 heteroatoms. The lowest BCUT2D eigenvalue weighted by Crippen LogP contribution is -2.21. The van der Waals surface area contributed by atoms with Gasteiger partial charge in [0.1, 0.15) is 5.75 Å². The van der Waals surface area contributed by atoms with Crippen LogP contribution in [0.4, 0.5) is 11.4 Å². The minimum Gasteiger partial charge on any atom is -0.483 e. The van der Waals surface area contributed by atoms with E-state index in [-0.39, 0.29) is 12.5 Å². The van der Waals surface area contributed by atoms with Crippen molar-refractivity contribution in [1.29, 1.82) is 0 Å². The number of amides is 2. The fourth-order valence-electron chi connectivity index (χ4n) is 1.96. The van der Waals surface area contributed by atoms with E-state index in [1.807, 2.05) is 0 Å². The van der Waals surface area contributed by atoms with Gasteiger partial charge in [-0.15, -0.1) is 0 Å². The summed E-state index contributed by atoms with van der Waals surface area (Å²) in [7, 11) is 0. The first-order chi connectivity index (χ1) is 11.5. The molecule has 0 unspecified atom stereocenters. The molecule has 0 radical (unpaired) electrons. The summed E-state index contributed by atoms with van der Waals surface area (Å²) in [6.07, 6.45) is 0.652. The zero-order valence-corrected chi connectivity index (χ0v) is 13.6. The number of halogens is 1. The van der Waals surface area contributed by atoms with Crippen LogP contribution in [0.1, 0.15) is 17.3 Å². The summed E-state index contributed by atoms with van der Waals surface area (Å²) in [5.41, 5.74) is 1.13. The third-order valence-electron chi connectivity index (χ3n) is 2.97. The fraction of sp³-hybridized carbons (Fsp3) is 0.118. The Morgan fingerprint density at radius 1 is 1.12 bits per heavy atom. The van der Waals surface area contributed by atoms with Gasteiger partial charge >= 0.3 is 0 Å². The number of hydrogen-bond acceptors (Lipinski definition) is 4. The molecule has 6 nitrogen and oxygen atoms in total. The van der Waals surface area contributed by atoms with Gasteiger partial charge in [-0.05, 0) is 30.3 Å². The van der Waals surface area contributed by atoms with E-state index in [9.17, 15) is 14.4 Å². The Bertz CT molecular complexity index is 777. The monoisotopic (exact) mass is 346 g/mol. The summed E-state index contributed by atoms with van der Waals surface area (Å²) in [5, 5.41) is 5.62. The van der Waals surface area contributed by atoms with E-state index < -0.39 is 5.91 Å². The molecule has 0 spiro atoms. The van der Waals surface area contributed by atoms with Crippen LogP contribution >= 0.6 is 11.6 Å². The summed E-state index contributed by atoms with van der Waals surface area (Å²) in [4.78, 5) is 34.2. The predicted molar refractivity (Wildman–Crippen MR) is 91.7 cm³/mol. The molecule has 0 atom stereocenters. The molecule has 24 heavy (non-hydrogen) atoms. The Morgan fingerprint density at radius 3 is 2.58 bits per heavy atom. The molecule has 124 valence electrons. The highest BCUT2D eigenvalue weighted by atomic mass is 35.5. The second kappa shape index (κ2) is 8.12. The van der Waals surface area contributed by atoms with Crippen molar-refractivity contribution in [2.75, 3.05) is 17.2 Å². The van der Waals surface area contributed by atoms with E-state index in [0.717, 1.165) is 0 Å². The Morgan fingerprint density at radius 2 is 1.88 bits per heavy atom. The van der Waals surface area contributed by atoms with Gasteiger partial charge in [0.2, 0.25) is 5.91 Å². The van der Waals surface area contributed by atoms with Crippen LogP contribution < -0.4 is 15.4 Å². The SMILES string of the molecule is CC(=O)Nc1ccc(Cl)cc1NC(=O)COc1ccccc1C=O. The predicted octanol–water partition coefficient (Wildman–Crippen LogP) is 3.13. The van der Waals surface area contributed by atoms with Crippen molar-refractivity contribution in [2.45, 2.75) is 6.92 Å². The summed E-state index contributed by atoms with van der Waals surface area (Å²) in [6.45, 7) is 1.07. The van der Waals surface area contributed by atoms with E-state index in [0.29, 0.717) is 34.0 Å². The number of aldehydes is 1. The largest absolute Gasteiger partial charge is 0.483 e. The van der Waals surface area contributed by atoms with Crippen LogP contribution in [0.15, 0.2) is 42.5 Å². The van der Waals surface area contributed by atoms with Crippen LogP contribution in [0.2, 0.25) is 5.02 Å². The van der Waals surface area contributed by atoms with Gasteiger partial charge in [0, 0.05) is 11.9 Å². The van der Waals surface area contributed by atoms with Gasteiger partial charge in [-0.2, -0.15) is 0 Å². The molecular weight excluding hydrogens is 332 g/mol. The standard InChI is InChI=1S/C17H15ClN2O4/c1-11(22)19-14-7-6-13(18)8-15(14)20-17(23)10-24-16-5-3-2-4-12(16)9-21/h2-9H,10H2,1H3,(H,19,22)(H,20,23). The van der Waals surface area contributed by atoms with Gasteiger partial charge in [-0.3, -0.25) is 14.4 Å². The van der Waals surface area contributed by atoms with Gasteiger partial charge in [0.05, 0.1) is 16.9 Å². The second-order valence-corrected chi connectivity index (χ2v) is 5.30. The average molecular weight is 347 g/mol. The zero-order valence-electron chi connectivity index (χ0n) is 12.8. The molecule has 0 fully saturated rings. The number of hydrogen-bond donors (Lipinski definition) is 2. The number of ether oxygens (including phenoxy) is 1. The first kappa shape index (κ1) is 17.5. The van der Waals surface area contributed by atoms with Gasteiger partial charge in [-0.25, -0.2) is 0 Å². The summed E-state index contributed by atoms with van der Waals surface area (Å²) >= 11 is 5.92. The van der Waals surface area contributed by atoms with E-state index >= 15 is 0 Å². The first-order valence-electron chi connectivity index (χ1n) is 7.03. The minimum absolute atomic E-state index is 0.274. The maximum Gasteiger partial charge on any atom is 0.262 e. The van der Waals surface area contributed by atoms with Crippen molar-refractivity contribution in [3.8, 4) is 5.75 Å². The van der Waals surface area contributed by atoms with Gasteiger partial charge < -0.3 is 15.4 Å². The molecule has 2 aromatic carbocycles. The number of carbonyl (C=O) groups excluding carboxylic acids is 3. The molecule has 2 N–H and O–H groups in total. The lowest BCUT2D eigenvalue weighted by atomic mass is 10.2. The zero-order chi connectivity index (χ0) is 17.5. The maximum atomic E-state index is 12.1. The fourth-order valence-corrected chi connectivity index (χ4v) is 2.13. The molecular formula is C17H15ClN2O4. The minimum atomic E-state index is -0.454. The Labute approximate surface area is 143 Å². The van der Waals surface area contributed by atoms with E-state index in [1.165, 1.54) is 13.0 Å². The van der Waals surface area contributed by atoms with Crippen LogP contribution in [0.25, 0.3) is 0 Å². The molecule has 0 aliphatic rings. The Balaban J connectivity index is 2.05. The summed E-state index contributed by atoms with van der Waals surface area (Å²) in [5.74, 6) is -0.413. The number of benzene rings is 2. The van der Waals surface area contributed by atoms with Crippen LogP contribution in [0.5, 0.6) is 5.75 Å². The van der Waals surface area contributed by atoms with Crippen LogP contribution in [-0.4, -0.2) is 24.7 Å². The topological polar surface area (TPSA) is 84.5 Å². The highest BCUT2D eigenvalue weighted by Gasteiger charge is 2.11. The van der Waals surface area contributed by atoms with E-state index in [1.54, 1.807) is 36.4 Å².